The molecule has 2 atom stereocenters. The SMILES string of the molecule is CC(C)(C)C1CC2(CC1C(C)(C)C)OCCO2. The third-order valence-electron chi connectivity index (χ3n) is 4.59. The van der Waals surface area contributed by atoms with Gasteiger partial charge in [-0.2, -0.15) is 0 Å². The van der Waals surface area contributed by atoms with Crippen molar-refractivity contribution < 1.29 is 9.47 Å². The lowest BCUT2D eigenvalue weighted by molar-refractivity contribution is -0.157. The summed E-state index contributed by atoms with van der Waals surface area (Å²) in [6.45, 7) is 15.7. The van der Waals surface area contributed by atoms with E-state index in [0.29, 0.717) is 22.7 Å². The second-order valence-corrected chi connectivity index (χ2v) is 7.96. The molecule has 0 amide bonds. The highest BCUT2D eigenvalue weighted by molar-refractivity contribution is 4.99. The van der Waals surface area contributed by atoms with E-state index in [9.17, 15) is 0 Å². The molecule has 0 bridgehead atoms. The Kier molecular flexibility index (Phi) is 3.11. The first-order chi connectivity index (χ1) is 7.64. The minimum atomic E-state index is -0.254. The van der Waals surface area contributed by atoms with Crippen molar-refractivity contribution in [3.63, 3.8) is 0 Å². The predicted molar refractivity (Wildman–Crippen MR) is 69.8 cm³/mol. The molecule has 0 radical (unpaired) electrons. The van der Waals surface area contributed by atoms with E-state index in [2.05, 4.69) is 41.5 Å². The molecule has 2 nitrogen and oxygen atoms in total. The van der Waals surface area contributed by atoms with E-state index in [0.717, 1.165) is 26.1 Å². The first-order valence-corrected chi connectivity index (χ1v) is 6.92. The Morgan fingerprint density at radius 2 is 1.12 bits per heavy atom. The Morgan fingerprint density at radius 3 is 1.41 bits per heavy atom. The molecule has 1 aliphatic heterocycles. The quantitative estimate of drug-likeness (QED) is 0.640. The van der Waals surface area contributed by atoms with Crippen LogP contribution in [-0.4, -0.2) is 19.0 Å². The average Bonchev–Trinajstić information content (AvgIpc) is 2.72. The van der Waals surface area contributed by atoms with Gasteiger partial charge in [-0.3, -0.25) is 0 Å². The van der Waals surface area contributed by atoms with E-state index < -0.39 is 0 Å². The van der Waals surface area contributed by atoms with Crippen molar-refractivity contribution in [1.29, 1.82) is 0 Å². The fourth-order valence-corrected chi connectivity index (χ4v) is 3.59. The van der Waals surface area contributed by atoms with Crippen LogP contribution in [0, 0.1) is 22.7 Å². The zero-order valence-electron chi connectivity index (χ0n) is 12.3. The zero-order chi connectivity index (χ0) is 12.9. The summed E-state index contributed by atoms with van der Waals surface area (Å²) in [7, 11) is 0. The smallest absolute Gasteiger partial charge is 0.169 e. The predicted octanol–water partition coefficient (Wildman–Crippen LogP) is 3.85. The summed E-state index contributed by atoms with van der Waals surface area (Å²) in [6.07, 6.45) is 2.14. The lowest BCUT2D eigenvalue weighted by Gasteiger charge is -2.39. The van der Waals surface area contributed by atoms with Crippen LogP contribution in [0.3, 0.4) is 0 Å². The number of hydrogen-bond donors (Lipinski definition) is 0. The van der Waals surface area contributed by atoms with E-state index in [-0.39, 0.29) is 5.79 Å². The Labute approximate surface area is 106 Å². The highest BCUT2D eigenvalue weighted by atomic mass is 16.7. The molecule has 0 N–H and O–H groups in total. The molecule has 1 heterocycles. The van der Waals surface area contributed by atoms with Gasteiger partial charge in [0.25, 0.3) is 0 Å². The molecule has 1 saturated carbocycles. The maximum Gasteiger partial charge on any atom is 0.169 e. The molecule has 0 aromatic rings. The van der Waals surface area contributed by atoms with Gasteiger partial charge >= 0.3 is 0 Å². The molecular weight excluding hydrogens is 212 g/mol. The van der Waals surface area contributed by atoms with Gasteiger partial charge in [0, 0.05) is 12.8 Å². The van der Waals surface area contributed by atoms with Gasteiger partial charge in [-0.15, -0.1) is 0 Å². The van der Waals surface area contributed by atoms with Crippen LogP contribution in [-0.2, 0) is 9.47 Å². The van der Waals surface area contributed by atoms with Crippen LogP contribution in [0.1, 0.15) is 54.4 Å². The minimum Gasteiger partial charge on any atom is -0.348 e. The summed E-state index contributed by atoms with van der Waals surface area (Å²) in [6, 6.07) is 0. The van der Waals surface area contributed by atoms with E-state index in [1.807, 2.05) is 0 Å². The Morgan fingerprint density at radius 1 is 0.765 bits per heavy atom. The molecule has 2 aliphatic rings. The second-order valence-electron chi connectivity index (χ2n) is 7.96. The monoisotopic (exact) mass is 240 g/mol. The topological polar surface area (TPSA) is 18.5 Å². The summed E-state index contributed by atoms with van der Waals surface area (Å²) < 4.78 is 11.9. The van der Waals surface area contributed by atoms with Gasteiger partial charge < -0.3 is 9.47 Å². The summed E-state index contributed by atoms with van der Waals surface area (Å²) in [5, 5.41) is 0. The first-order valence-electron chi connectivity index (χ1n) is 6.92. The molecule has 2 rings (SSSR count). The van der Waals surface area contributed by atoms with Gasteiger partial charge in [-0.05, 0) is 22.7 Å². The van der Waals surface area contributed by atoms with Crippen molar-refractivity contribution in [3.8, 4) is 0 Å². The van der Waals surface area contributed by atoms with Gasteiger partial charge in [-0.1, -0.05) is 41.5 Å². The Hall–Kier alpha value is -0.0800. The molecule has 0 aromatic carbocycles. The lowest BCUT2D eigenvalue weighted by Crippen LogP contribution is -2.32. The van der Waals surface area contributed by atoms with E-state index >= 15 is 0 Å². The van der Waals surface area contributed by atoms with Crippen LogP contribution in [0.25, 0.3) is 0 Å². The van der Waals surface area contributed by atoms with Crippen LogP contribution in [0.4, 0.5) is 0 Å². The number of rotatable bonds is 0. The van der Waals surface area contributed by atoms with Gasteiger partial charge in [-0.25, -0.2) is 0 Å². The largest absolute Gasteiger partial charge is 0.348 e. The van der Waals surface area contributed by atoms with Crippen molar-refractivity contribution in [2.75, 3.05) is 13.2 Å². The summed E-state index contributed by atoms with van der Waals surface area (Å²) in [4.78, 5) is 0. The normalized spacial score (nSPS) is 33.5. The minimum absolute atomic E-state index is 0.254. The molecule has 1 spiro atoms. The highest BCUT2D eigenvalue weighted by Gasteiger charge is 2.55. The van der Waals surface area contributed by atoms with Gasteiger partial charge in [0.15, 0.2) is 5.79 Å². The van der Waals surface area contributed by atoms with Crippen molar-refractivity contribution in [1.82, 2.24) is 0 Å². The van der Waals surface area contributed by atoms with Crippen LogP contribution >= 0.6 is 0 Å². The lowest BCUT2D eigenvalue weighted by atomic mass is 9.66. The maximum atomic E-state index is 5.93. The Balaban J connectivity index is 2.24. The van der Waals surface area contributed by atoms with Crippen LogP contribution in [0.2, 0.25) is 0 Å². The molecular formula is C15H28O2. The standard InChI is InChI=1S/C15H28O2/c1-13(2,3)11-9-15(16-7-8-17-15)10-12(11)14(4,5)6/h11-12H,7-10H2,1-6H3. The first kappa shape index (κ1) is 13.4. The number of hydrogen-bond acceptors (Lipinski definition) is 2. The molecule has 2 unspecified atom stereocenters. The van der Waals surface area contributed by atoms with E-state index in [1.54, 1.807) is 0 Å². The zero-order valence-corrected chi connectivity index (χ0v) is 12.3. The highest BCUT2D eigenvalue weighted by Crippen LogP contribution is 2.56. The van der Waals surface area contributed by atoms with Crippen LogP contribution in [0.5, 0.6) is 0 Å². The van der Waals surface area contributed by atoms with E-state index in [1.165, 1.54) is 0 Å². The van der Waals surface area contributed by atoms with Crippen molar-refractivity contribution >= 4 is 0 Å². The second kappa shape index (κ2) is 3.96. The molecule has 0 aromatic heterocycles. The van der Waals surface area contributed by atoms with E-state index in [4.69, 9.17) is 9.47 Å². The molecule has 1 aliphatic carbocycles. The van der Waals surface area contributed by atoms with Gasteiger partial charge in [0.2, 0.25) is 0 Å². The molecule has 17 heavy (non-hydrogen) atoms. The number of ether oxygens (including phenoxy) is 2. The van der Waals surface area contributed by atoms with Gasteiger partial charge in [0.05, 0.1) is 13.2 Å². The summed E-state index contributed by atoms with van der Waals surface area (Å²) in [5.74, 6) is 1.11. The fourth-order valence-electron chi connectivity index (χ4n) is 3.59. The fraction of sp³-hybridized carbons (Fsp3) is 1.00. The molecule has 2 fully saturated rings. The Bertz CT molecular complexity index is 252. The third-order valence-corrected chi connectivity index (χ3v) is 4.59. The van der Waals surface area contributed by atoms with Crippen LogP contribution in [0.15, 0.2) is 0 Å². The summed E-state index contributed by atoms with van der Waals surface area (Å²) in [5.41, 5.74) is 0.660. The maximum absolute atomic E-state index is 5.93. The molecule has 2 heteroatoms. The van der Waals surface area contributed by atoms with Gasteiger partial charge in [0.1, 0.15) is 0 Å². The van der Waals surface area contributed by atoms with Crippen molar-refractivity contribution in [2.45, 2.75) is 60.2 Å². The van der Waals surface area contributed by atoms with Crippen LogP contribution < -0.4 is 0 Å². The molecule has 100 valence electrons. The summed E-state index contributed by atoms with van der Waals surface area (Å²) >= 11 is 0. The van der Waals surface area contributed by atoms with Crippen molar-refractivity contribution in [3.05, 3.63) is 0 Å². The van der Waals surface area contributed by atoms with Crippen molar-refractivity contribution in [2.24, 2.45) is 22.7 Å². The molecule has 1 saturated heterocycles. The average molecular weight is 240 g/mol. The third kappa shape index (κ3) is 2.53.